The summed E-state index contributed by atoms with van der Waals surface area (Å²) < 4.78 is 5.27. The molecule has 0 fully saturated rings. The van der Waals surface area contributed by atoms with Crippen molar-refractivity contribution < 1.29 is 14.3 Å². The zero-order valence-electron chi connectivity index (χ0n) is 14.8. The molecule has 1 heterocycles. The van der Waals surface area contributed by atoms with E-state index in [0.717, 1.165) is 11.3 Å². The predicted octanol–water partition coefficient (Wildman–Crippen LogP) is 2.50. The highest BCUT2D eigenvalue weighted by atomic mass is 16.5. The first-order valence-corrected chi connectivity index (χ1v) is 8.26. The molecule has 25 heavy (non-hydrogen) atoms. The number of nitrogens with one attached hydrogen (secondary N) is 1. The van der Waals surface area contributed by atoms with Gasteiger partial charge in [-0.1, -0.05) is 18.2 Å². The van der Waals surface area contributed by atoms with Gasteiger partial charge in [0.05, 0.1) is 7.11 Å². The molecular formula is C19H23N3O3. The Balaban J connectivity index is 2.09. The average molecular weight is 341 g/mol. The Bertz CT molecular complexity index is 742. The molecule has 0 radical (unpaired) electrons. The number of hydrogen-bond donors (Lipinski definition) is 1. The molecule has 6 heteroatoms. The second-order valence-corrected chi connectivity index (χ2v) is 5.40. The third kappa shape index (κ3) is 4.56. The summed E-state index contributed by atoms with van der Waals surface area (Å²) in [6.45, 7) is 5.35. The molecule has 0 atom stereocenters. The van der Waals surface area contributed by atoms with Gasteiger partial charge in [0.1, 0.15) is 11.4 Å². The molecule has 1 N–H and O–H groups in total. The second-order valence-electron chi connectivity index (χ2n) is 5.40. The van der Waals surface area contributed by atoms with Crippen LogP contribution in [0.1, 0.15) is 40.3 Å². The Morgan fingerprint density at radius 3 is 2.56 bits per heavy atom. The molecule has 6 nitrogen and oxygen atoms in total. The third-order valence-electron chi connectivity index (χ3n) is 3.92. The summed E-state index contributed by atoms with van der Waals surface area (Å²) in [5.41, 5.74) is 1.56. The first kappa shape index (κ1) is 18.4. The average Bonchev–Trinajstić information content (AvgIpc) is 2.67. The van der Waals surface area contributed by atoms with Crippen molar-refractivity contribution in [3.05, 3.63) is 59.4 Å². The summed E-state index contributed by atoms with van der Waals surface area (Å²) in [6, 6.07) is 10.6. The summed E-state index contributed by atoms with van der Waals surface area (Å²) in [7, 11) is 1.59. The van der Waals surface area contributed by atoms with E-state index in [1.807, 2.05) is 38.1 Å². The highest BCUT2D eigenvalue weighted by Crippen LogP contribution is 2.17. The lowest BCUT2D eigenvalue weighted by Crippen LogP contribution is -2.31. The van der Waals surface area contributed by atoms with Crippen LogP contribution in [0.5, 0.6) is 5.75 Å². The number of rotatable bonds is 7. The van der Waals surface area contributed by atoms with Gasteiger partial charge in [-0.3, -0.25) is 14.6 Å². The van der Waals surface area contributed by atoms with Crippen molar-refractivity contribution in [1.82, 2.24) is 15.2 Å². The van der Waals surface area contributed by atoms with Crippen LogP contribution in [0.4, 0.5) is 0 Å². The summed E-state index contributed by atoms with van der Waals surface area (Å²) >= 11 is 0. The number of para-hydroxylation sites is 1. The normalized spacial score (nSPS) is 10.2. The SMILES string of the molecule is CCN(CC)C(=O)c1cc(C(=O)NCc2ccccc2OC)ccn1. The second kappa shape index (κ2) is 8.82. The van der Waals surface area contributed by atoms with E-state index < -0.39 is 0 Å². The zero-order valence-corrected chi connectivity index (χ0v) is 14.8. The van der Waals surface area contributed by atoms with Gasteiger partial charge >= 0.3 is 0 Å². The molecule has 2 rings (SSSR count). The number of pyridine rings is 1. The number of amides is 2. The van der Waals surface area contributed by atoms with Crippen molar-refractivity contribution in [2.75, 3.05) is 20.2 Å². The molecule has 1 aromatic carbocycles. The molecule has 2 amide bonds. The quantitative estimate of drug-likeness (QED) is 0.840. The Kier molecular flexibility index (Phi) is 6.51. The number of aromatic nitrogens is 1. The fraction of sp³-hybridized carbons (Fsp3) is 0.316. The standard InChI is InChI=1S/C19H23N3O3/c1-4-22(5-2)19(24)16-12-14(10-11-20-16)18(23)21-13-15-8-6-7-9-17(15)25-3/h6-12H,4-5,13H2,1-3H3,(H,21,23). The van der Waals surface area contributed by atoms with Crippen LogP contribution in [0.15, 0.2) is 42.6 Å². The Labute approximate surface area is 147 Å². The minimum absolute atomic E-state index is 0.177. The Morgan fingerprint density at radius 1 is 1.16 bits per heavy atom. The fourth-order valence-electron chi connectivity index (χ4n) is 2.49. The largest absolute Gasteiger partial charge is 0.496 e. The molecule has 0 unspecified atom stereocenters. The third-order valence-corrected chi connectivity index (χ3v) is 3.92. The molecule has 0 bridgehead atoms. The monoisotopic (exact) mass is 341 g/mol. The molecule has 0 saturated heterocycles. The maximum Gasteiger partial charge on any atom is 0.272 e. The van der Waals surface area contributed by atoms with E-state index in [9.17, 15) is 9.59 Å². The van der Waals surface area contributed by atoms with Gasteiger partial charge in [-0.05, 0) is 32.0 Å². The van der Waals surface area contributed by atoms with Crippen molar-refractivity contribution in [1.29, 1.82) is 0 Å². The van der Waals surface area contributed by atoms with Gasteiger partial charge in [0.25, 0.3) is 11.8 Å². The number of ether oxygens (including phenoxy) is 1. The van der Waals surface area contributed by atoms with Crippen molar-refractivity contribution >= 4 is 11.8 Å². The van der Waals surface area contributed by atoms with Crippen LogP contribution in [0.25, 0.3) is 0 Å². The highest BCUT2D eigenvalue weighted by molar-refractivity contribution is 5.98. The van der Waals surface area contributed by atoms with Crippen LogP contribution in [-0.2, 0) is 6.54 Å². The van der Waals surface area contributed by atoms with Crippen molar-refractivity contribution in [3.63, 3.8) is 0 Å². The van der Waals surface area contributed by atoms with Gasteiger partial charge in [0.2, 0.25) is 0 Å². The lowest BCUT2D eigenvalue weighted by atomic mass is 10.1. The van der Waals surface area contributed by atoms with Crippen LogP contribution < -0.4 is 10.1 Å². The van der Waals surface area contributed by atoms with Crippen LogP contribution >= 0.6 is 0 Å². The first-order valence-electron chi connectivity index (χ1n) is 8.26. The predicted molar refractivity (Wildman–Crippen MR) is 95.7 cm³/mol. The lowest BCUT2D eigenvalue weighted by Gasteiger charge is -2.18. The molecule has 0 aliphatic heterocycles. The minimum atomic E-state index is -0.262. The van der Waals surface area contributed by atoms with E-state index in [0.29, 0.717) is 25.2 Å². The molecular weight excluding hydrogens is 318 g/mol. The van der Waals surface area contributed by atoms with E-state index in [-0.39, 0.29) is 17.5 Å². The lowest BCUT2D eigenvalue weighted by molar-refractivity contribution is 0.0767. The molecule has 0 saturated carbocycles. The van der Waals surface area contributed by atoms with Crippen LogP contribution in [0.3, 0.4) is 0 Å². The Hall–Kier alpha value is -2.89. The topological polar surface area (TPSA) is 71.5 Å². The van der Waals surface area contributed by atoms with Gasteiger partial charge < -0.3 is 15.0 Å². The fourth-order valence-corrected chi connectivity index (χ4v) is 2.49. The maximum atomic E-state index is 12.4. The smallest absolute Gasteiger partial charge is 0.272 e. The summed E-state index contributed by atoms with van der Waals surface area (Å²) in [4.78, 5) is 30.5. The summed E-state index contributed by atoms with van der Waals surface area (Å²) in [6.07, 6.45) is 1.48. The minimum Gasteiger partial charge on any atom is -0.496 e. The van der Waals surface area contributed by atoms with E-state index in [4.69, 9.17) is 4.74 Å². The van der Waals surface area contributed by atoms with Gasteiger partial charge in [-0.25, -0.2) is 0 Å². The number of methoxy groups -OCH3 is 1. The van der Waals surface area contributed by atoms with Crippen molar-refractivity contribution in [2.45, 2.75) is 20.4 Å². The van der Waals surface area contributed by atoms with E-state index in [1.54, 1.807) is 18.1 Å². The van der Waals surface area contributed by atoms with E-state index in [2.05, 4.69) is 10.3 Å². The molecule has 132 valence electrons. The molecule has 2 aromatic rings. The number of hydrogen-bond acceptors (Lipinski definition) is 4. The van der Waals surface area contributed by atoms with Crippen LogP contribution in [-0.4, -0.2) is 41.9 Å². The highest BCUT2D eigenvalue weighted by Gasteiger charge is 2.16. The molecule has 0 aliphatic rings. The van der Waals surface area contributed by atoms with Crippen LogP contribution in [0, 0.1) is 0 Å². The number of carbonyl (C=O) groups is 2. The Morgan fingerprint density at radius 2 is 1.88 bits per heavy atom. The molecule has 0 aliphatic carbocycles. The van der Waals surface area contributed by atoms with E-state index >= 15 is 0 Å². The first-order chi connectivity index (χ1) is 12.1. The molecule has 1 aromatic heterocycles. The van der Waals surface area contributed by atoms with Gasteiger partial charge in [-0.15, -0.1) is 0 Å². The number of carbonyl (C=O) groups excluding carboxylic acids is 2. The van der Waals surface area contributed by atoms with Crippen molar-refractivity contribution in [2.24, 2.45) is 0 Å². The van der Waals surface area contributed by atoms with Gasteiger partial charge in [0, 0.05) is 37.0 Å². The number of nitrogens with zero attached hydrogens (tertiary/aromatic N) is 2. The molecule has 0 spiro atoms. The van der Waals surface area contributed by atoms with Gasteiger partial charge in [-0.2, -0.15) is 0 Å². The van der Waals surface area contributed by atoms with Crippen molar-refractivity contribution in [3.8, 4) is 5.75 Å². The summed E-state index contributed by atoms with van der Waals surface area (Å²) in [5.74, 6) is 0.279. The van der Waals surface area contributed by atoms with E-state index in [1.165, 1.54) is 12.3 Å². The van der Waals surface area contributed by atoms with Crippen LogP contribution in [0.2, 0.25) is 0 Å². The summed E-state index contributed by atoms with van der Waals surface area (Å²) in [5, 5.41) is 2.84. The van der Waals surface area contributed by atoms with Gasteiger partial charge in [0.15, 0.2) is 0 Å². The zero-order chi connectivity index (χ0) is 18.2. The maximum absolute atomic E-state index is 12.4. The number of benzene rings is 1.